The highest BCUT2D eigenvalue weighted by atomic mass is 32.2. The highest BCUT2D eigenvalue weighted by Crippen LogP contribution is 2.21. The van der Waals surface area contributed by atoms with Gasteiger partial charge >= 0.3 is 0 Å². The number of imidazole rings is 1. The van der Waals surface area contributed by atoms with Crippen molar-refractivity contribution in [1.82, 2.24) is 20.4 Å². The molecule has 10 heteroatoms. The molecule has 26 heavy (non-hydrogen) atoms. The number of hydrogen-bond donors (Lipinski definition) is 2. The molecular weight excluding hydrogens is 363 g/mol. The molecule has 1 fully saturated rings. The van der Waals surface area contributed by atoms with E-state index in [1.54, 1.807) is 0 Å². The molecule has 0 unspecified atom stereocenters. The number of halogens is 1. The molecule has 2 heterocycles. The Bertz CT molecular complexity index is 924. The Hall–Kier alpha value is -2.75. The van der Waals surface area contributed by atoms with Gasteiger partial charge < -0.3 is 0 Å². The van der Waals surface area contributed by atoms with Crippen LogP contribution in [-0.2, 0) is 14.6 Å². The number of benzene rings is 1. The van der Waals surface area contributed by atoms with Crippen molar-refractivity contribution < 1.29 is 22.4 Å². The molecular formula is C16H17FN4O4S. The lowest BCUT2D eigenvalue weighted by Gasteiger charge is -2.11. The number of nitrogens with one attached hydrogen (secondary N) is 2. The molecule has 2 aromatic rings. The summed E-state index contributed by atoms with van der Waals surface area (Å²) < 4.78 is 37.3. The van der Waals surface area contributed by atoms with Crippen LogP contribution >= 0.6 is 0 Å². The van der Waals surface area contributed by atoms with Crippen LogP contribution in [0, 0.1) is 11.7 Å². The lowest BCUT2D eigenvalue weighted by molar-refractivity contribution is -0.122. The SMILES string of the molecule is O=C(C[C@@H]1CCS(=O)(=O)C1)NNC(=O)c1cncn1-c1ccc(F)cc1. The number of nitrogens with zero attached hydrogens (tertiary/aromatic N) is 2. The second-order valence-electron chi connectivity index (χ2n) is 6.10. The van der Waals surface area contributed by atoms with Crippen LogP contribution in [0.1, 0.15) is 23.3 Å². The van der Waals surface area contributed by atoms with Crippen molar-refractivity contribution in [3.05, 3.63) is 48.3 Å². The van der Waals surface area contributed by atoms with Crippen molar-refractivity contribution in [3.8, 4) is 5.69 Å². The second-order valence-corrected chi connectivity index (χ2v) is 8.33. The zero-order valence-electron chi connectivity index (χ0n) is 13.7. The number of hydrogen-bond acceptors (Lipinski definition) is 5. The molecule has 0 spiro atoms. The number of sulfone groups is 1. The largest absolute Gasteiger partial charge is 0.295 e. The fourth-order valence-corrected chi connectivity index (χ4v) is 4.67. The third-order valence-corrected chi connectivity index (χ3v) is 5.93. The van der Waals surface area contributed by atoms with Crippen molar-refractivity contribution in [3.63, 3.8) is 0 Å². The first-order valence-corrected chi connectivity index (χ1v) is 9.74. The molecule has 138 valence electrons. The quantitative estimate of drug-likeness (QED) is 0.755. The van der Waals surface area contributed by atoms with Crippen LogP contribution in [0.5, 0.6) is 0 Å². The van der Waals surface area contributed by atoms with E-state index in [2.05, 4.69) is 15.8 Å². The van der Waals surface area contributed by atoms with Crippen LogP contribution in [0.4, 0.5) is 4.39 Å². The molecule has 1 atom stereocenters. The van der Waals surface area contributed by atoms with Crippen LogP contribution < -0.4 is 10.9 Å². The molecule has 2 N–H and O–H groups in total. The molecule has 8 nitrogen and oxygen atoms in total. The minimum atomic E-state index is -3.05. The summed E-state index contributed by atoms with van der Waals surface area (Å²) in [6.07, 6.45) is 3.18. The summed E-state index contributed by atoms with van der Waals surface area (Å²) in [7, 11) is -3.05. The maximum atomic E-state index is 13.0. The zero-order valence-corrected chi connectivity index (χ0v) is 14.5. The highest BCUT2D eigenvalue weighted by molar-refractivity contribution is 7.91. The Morgan fingerprint density at radius 1 is 1.23 bits per heavy atom. The summed E-state index contributed by atoms with van der Waals surface area (Å²) in [5.74, 6) is -1.62. The summed E-state index contributed by atoms with van der Waals surface area (Å²) in [6.45, 7) is 0. The molecule has 1 aromatic heterocycles. The number of carbonyl (C=O) groups is 2. The first-order valence-electron chi connectivity index (χ1n) is 7.92. The lowest BCUT2D eigenvalue weighted by atomic mass is 10.1. The van der Waals surface area contributed by atoms with Gasteiger partial charge in [0.2, 0.25) is 5.91 Å². The van der Waals surface area contributed by atoms with Crippen molar-refractivity contribution in [2.75, 3.05) is 11.5 Å². The average Bonchev–Trinajstić information content (AvgIpc) is 3.20. The topological polar surface area (TPSA) is 110 Å². The molecule has 3 rings (SSSR count). The molecule has 1 aliphatic heterocycles. The Balaban J connectivity index is 1.58. The van der Waals surface area contributed by atoms with Gasteiger partial charge in [0, 0.05) is 12.1 Å². The number of hydrazine groups is 1. The van der Waals surface area contributed by atoms with Gasteiger partial charge in [0.15, 0.2) is 9.84 Å². The van der Waals surface area contributed by atoms with Crippen LogP contribution in [0.15, 0.2) is 36.8 Å². The summed E-state index contributed by atoms with van der Waals surface area (Å²) in [6, 6.07) is 5.50. The summed E-state index contributed by atoms with van der Waals surface area (Å²) >= 11 is 0. The van der Waals surface area contributed by atoms with E-state index in [9.17, 15) is 22.4 Å². The van der Waals surface area contributed by atoms with Gasteiger partial charge in [0.1, 0.15) is 11.5 Å². The minimum Gasteiger partial charge on any atom is -0.295 e. The van der Waals surface area contributed by atoms with Gasteiger partial charge in [-0.3, -0.25) is 25.0 Å². The van der Waals surface area contributed by atoms with Crippen molar-refractivity contribution >= 4 is 21.7 Å². The second kappa shape index (κ2) is 7.24. The summed E-state index contributed by atoms with van der Waals surface area (Å²) in [5.41, 5.74) is 5.25. The maximum Gasteiger partial charge on any atom is 0.288 e. The first kappa shape index (κ1) is 18.1. The van der Waals surface area contributed by atoms with Crippen molar-refractivity contribution in [2.24, 2.45) is 5.92 Å². The molecule has 1 aromatic carbocycles. The van der Waals surface area contributed by atoms with Crippen molar-refractivity contribution in [2.45, 2.75) is 12.8 Å². The third-order valence-electron chi connectivity index (χ3n) is 4.09. The molecule has 2 amide bonds. The molecule has 0 aliphatic carbocycles. The lowest BCUT2D eigenvalue weighted by Crippen LogP contribution is -2.42. The Morgan fingerprint density at radius 3 is 2.62 bits per heavy atom. The predicted molar refractivity (Wildman–Crippen MR) is 90.5 cm³/mol. The molecule has 0 saturated carbocycles. The predicted octanol–water partition coefficient (Wildman–Crippen LogP) is 0.597. The van der Waals surface area contributed by atoms with E-state index in [-0.39, 0.29) is 29.5 Å². The fraction of sp³-hybridized carbons (Fsp3) is 0.312. The van der Waals surface area contributed by atoms with Gasteiger partial charge in [0.05, 0.1) is 24.0 Å². The number of aromatic nitrogens is 2. The fourth-order valence-electron chi connectivity index (χ4n) is 2.81. The van der Waals surface area contributed by atoms with E-state index < -0.39 is 27.5 Å². The monoisotopic (exact) mass is 380 g/mol. The summed E-state index contributed by atoms with van der Waals surface area (Å²) in [5, 5.41) is 0. The third kappa shape index (κ3) is 4.26. The average molecular weight is 380 g/mol. The van der Waals surface area contributed by atoms with Gasteiger partial charge in [-0.05, 0) is 36.6 Å². The van der Waals surface area contributed by atoms with Gasteiger partial charge in [-0.2, -0.15) is 0 Å². The molecule has 1 saturated heterocycles. The standard InChI is InChI=1S/C16H17FN4O4S/c17-12-1-3-13(4-2-12)21-10-18-8-14(21)16(23)20-19-15(22)7-11-5-6-26(24,25)9-11/h1-4,8,10-11H,5-7,9H2,(H,19,22)(H,20,23)/t11-/m0/s1. The Labute approximate surface area is 149 Å². The van der Waals surface area contributed by atoms with Crippen LogP contribution in [0.3, 0.4) is 0 Å². The maximum absolute atomic E-state index is 13.0. The van der Waals surface area contributed by atoms with Crippen LogP contribution in [-0.4, -0.2) is 41.3 Å². The van der Waals surface area contributed by atoms with Crippen LogP contribution in [0.25, 0.3) is 5.69 Å². The van der Waals surface area contributed by atoms with Gasteiger partial charge in [0.25, 0.3) is 5.91 Å². The van der Waals surface area contributed by atoms with E-state index in [1.807, 2.05) is 0 Å². The Morgan fingerprint density at radius 2 is 1.96 bits per heavy atom. The van der Waals surface area contributed by atoms with Crippen LogP contribution in [0.2, 0.25) is 0 Å². The van der Waals surface area contributed by atoms with E-state index in [4.69, 9.17) is 0 Å². The Kier molecular flexibility index (Phi) is 5.03. The normalized spacial score (nSPS) is 18.4. The number of amides is 2. The first-order chi connectivity index (χ1) is 12.3. The van der Waals surface area contributed by atoms with E-state index in [1.165, 1.54) is 41.4 Å². The molecule has 0 radical (unpaired) electrons. The summed E-state index contributed by atoms with van der Waals surface area (Å²) in [4.78, 5) is 28.0. The van der Waals surface area contributed by atoms with Gasteiger partial charge in [-0.1, -0.05) is 0 Å². The number of carbonyl (C=O) groups excluding carboxylic acids is 2. The zero-order chi connectivity index (χ0) is 18.7. The van der Waals surface area contributed by atoms with E-state index >= 15 is 0 Å². The van der Waals surface area contributed by atoms with E-state index in [0.717, 1.165) is 0 Å². The minimum absolute atomic E-state index is 0.00823. The number of rotatable bonds is 4. The smallest absolute Gasteiger partial charge is 0.288 e. The molecule has 1 aliphatic rings. The van der Waals surface area contributed by atoms with Gasteiger partial charge in [-0.15, -0.1) is 0 Å². The van der Waals surface area contributed by atoms with E-state index in [0.29, 0.717) is 12.1 Å². The van der Waals surface area contributed by atoms with Gasteiger partial charge in [-0.25, -0.2) is 17.8 Å². The highest BCUT2D eigenvalue weighted by Gasteiger charge is 2.29. The van der Waals surface area contributed by atoms with Crippen molar-refractivity contribution in [1.29, 1.82) is 0 Å². The molecule has 0 bridgehead atoms.